The fourth-order valence-electron chi connectivity index (χ4n) is 1.21. The highest BCUT2D eigenvalue weighted by atomic mass is 16.4. The van der Waals surface area contributed by atoms with Gasteiger partial charge < -0.3 is 26.2 Å². The van der Waals surface area contributed by atoms with Gasteiger partial charge in [0.05, 0.1) is 24.9 Å². The molecule has 0 unspecified atom stereocenters. The SMILES string of the molecule is CC(C)C[C@@H](O)[C@@H](O)[C@H](O)[C@H](N)CO. The Morgan fingerprint density at radius 1 is 1.07 bits per heavy atom. The molecule has 0 saturated carbocycles. The second-order valence-electron chi connectivity index (χ2n) is 4.02. The summed E-state index contributed by atoms with van der Waals surface area (Å²) in [7, 11) is 0. The van der Waals surface area contributed by atoms with Crippen molar-refractivity contribution < 1.29 is 20.4 Å². The highest BCUT2D eigenvalue weighted by molar-refractivity contribution is 4.83. The Morgan fingerprint density at radius 2 is 1.57 bits per heavy atom. The van der Waals surface area contributed by atoms with Crippen LogP contribution in [0.5, 0.6) is 0 Å². The molecule has 0 aromatic rings. The van der Waals surface area contributed by atoms with Crippen LogP contribution in [-0.2, 0) is 0 Å². The summed E-state index contributed by atoms with van der Waals surface area (Å²) in [5.41, 5.74) is 5.31. The standard InChI is InChI=1S/C9H21NO4/c1-5(2)3-7(12)9(14)8(13)6(10)4-11/h5-9,11-14H,3-4,10H2,1-2H3/t6-,7-,8-,9-/m1/s1. The number of hydrogen-bond acceptors (Lipinski definition) is 5. The van der Waals surface area contributed by atoms with Crippen molar-refractivity contribution in [3.8, 4) is 0 Å². The van der Waals surface area contributed by atoms with Gasteiger partial charge in [0.2, 0.25) is 0 Å². The molecule has 0 aromatic heterocycles. The lowest BCUT2D eigenvalue weighted by Gasteiger charge is -2.27. The summed E-state index contributed by atoms with van der Waals surface area (Å²) in [6, 6.07) is -0.924. The topological polar surface area (TPSA) is 107 Å². The van der Waals surface area contributed by atoms with Crippen LogP contribution in [0.4, 0.5) is 0 Å². The molecule has 0 rings (SSSR count). The Hall–Kier alpha value is -0.200. The fraction of sp³-hybridized carbons (Fsp3) is 1.00. The summed E-state index contributed by atoms with van der Waals surface area (Å²) in [6.07, 6.45) is -3.23. The number of hydrogen-bond donors (Lipinski definition) is 5. The summed E-state index contributed by atoms with van der Waals surface area (Å²) < 4.78 is 0. The van der Waals surface area contributed by atoms with Crippen molar-refractivity contribution in [3.05, 3.63) is 0 Å². The van der Waals surface area contributed by atoms with E-state index in [0.29, 0.717) is 6.42 Å². The van der Waals surface area contributed by atoms with Crippen LogP contribution in [-0.4, -0.2) is 51.4 Å². The Bertz CT molecular complexity index is 154. The molecule has 0 amide bonds. The zero-order chi connectivity index (χ0) is 11.3. The van der Waals surface area contributed by atoms with Crippen molar-refractivity contribution in [2.45, 2.75) is 44.6 Å². The van der Waals surface area contributed by atoms with Gasteiger partial charge in [-0.25, -0.2) is 0 Å². The highest BCUT2D eigenvalue weighted by Gasteiger charge is 2.29. The van der Waals surface area contributed by atoms with E-state index >= 15 is 0 Å². The lowest BCUT2D eigenvalue weighted by atomic mass is 9.96. The van der Waals surface area contributed by atoms with E-state index in [4.69, 9.17) is 10.8 Å². The maximum atomic E-state index is 9.46. The molecule has 0 saturated heterocycles. The maximum Gasteiger partial charge on any atom is 0.107 e. The van der Waals surface area contributed by atoms with Gasteiger partial charge >= 0.3 is 0 Å². The van der Waals surface area contributed by atoms with Gasteiger partial charge in [-0.05, 0) is 12.3 Å². The van der Waals surface area contributed by atoms with Crippen LogP contribution in [0.1, 0.15) is 20.3 Å². The van der Waals surface area contributed by atoms with Crippen LogP contribution in [0.25, 0.3) is 0 Å². The average molecular weight is 207 g/mol. The third-order valence-corrected chi connectivity index (χ3v) is 2.11. The molecule has 0 bridgehead atoms. The molecule has 4 atom stereocenters. The van der Waals surface area contributed by atoms with Crippen LogP contribution in [0.15, 0.2) is 0 Å². The molecule has 0 aromatic carbocycles. The minimum atomic E-state index is -1.31. The van der Waals surface area contributed by atoms with E-state index in [1.165, 1.54) is 0 Å². The van der Waals surface area contributed by atoms with Crippen LogP contribution in [0, 0.1) is 5.92 Å². The van der Waals surface area contributed by atoms with E-state index in [0.717, 1.165) is 0 Å². The maximum absolute atomic E-state index is 9.46. The molecular formula is C9H21NO4. The Kier molecular flexibility index (Phi) is 6.22. The summed E-state index contributed by atoms with van der Waals surface area (Å²) in [5, 5.41) is 36.9. The largest absolute Gasteiger partial charge is 0.395 e. The number of aliphatic hydroxyl groups is 4. The first kappa shape index (κ1) is 13.8. The monoisotopic (exact) mass is 207 g/mol. The van der Waals surface area contributed by atoms with Crippen molar-refractivity contribution in [1.82, 2.24) is 0 Å². The molecule has 86 valence electrons. The minimum absolute atomic E-state index is 0.220. The third kappa shape index (κ3) is 4.34. The second kappa shape index (κ2) is 6.31. The number of rotatable bonds is 6. The quantitative estimate of drug-likeness (QED) is 0.362. The van der Waals surface area contributed by atoms with E-state index in [2.05, 4.69) is 0 Å². The summed E-state index contributed by atoms with van der Waals surface area (Å²) in [6.45, 7) is 3.37. The van der Waals surface area contributed by atoms with Gasteiger partial charge in [-0.3, -0.25) is 0 Å². The molecule has 14 heavy (non-hydrogen) atoms. The lowest BCUT2D eigenvalue weighted by Crippen LogP contribution is -2.50. The Balaban J connectivity index is 4.09. The van der Waals surface area contributed by atoms with E-state index in [-0.39, 0.29) is 5.92 Å². The molecular weight excluding hydrogens is 186 g/mol. The lowest BCUT2D eigenvalue weighted by molar-refractivity contribution is -0.0780. The third-order valence-electron chi connectivity index (χ3n) is 2.11. The average Bonchev–Trinajstić information content (AvgIpc) is 2.13. The van der Waals surface area contributed by atoms with Crippen molar-refractivity contribution in [3.63, 3.8) is 0 Å². The smallest absolute Gasteiger partial charge is 0.107 e. The van der Waals surface area contributed by atoms with Gasteiger partial charge in [-0.1, -0.05) is 13.8 Å². The molecule has 5 heteroatoms. The van der Waals surface area contributed by atoms with Crippen molar-refractivity contribution in [1.29, 1.82) is 0 Å². The van der Waals surface area contributed by atoms with E-state index in [1.807, 2.05) is 13.8 Å². The van der Waals surface area contributed by atoms with E-state index in [1.54, 1.807) is 0 Å². The molecule has 0 aliphatic rings. The molecule has 0 fully saturated rings. The second-order valence-corrected chi connectivity index (χ2v) is 4.02. The molecule has 5 nitrogen and oxygen atoms in total. The van der Waals surface area contributed by atoms with Crippen molar-refractivity contribution in [2.24, 2.45) is 11.7 Å². The van der Waals surface area contributed by atoms with Gasteiger partial charge in [0.1, 0.15) is 6.10 Å². The number of aliphatic hydroxyl groups excluding tert-OH is 4. The summed E-state index contributed by atoms with van der Waals surface area (Å²) in [4.78, 5) is 0. The van der Waals surface area contributed by atoms with Gasteiger partial charge in [0.15, 0.2) is 0 Å². The highest BCUT2D eigenvalue weighted by Crippen LogP contribution is 2.11. The minimum Gasteiger partial charge on any atom is -0.395 e. The van der Waals surface area contributed by atoms with E-state index in [9.17, 15) is 15.3 Å². The Morgan fingerprint density at radius 3 is 1.93 bits per heavy atom. The van der Waals surface area contributed by atoms with Gasteiger partial charge in [-0.15, -0.1) is 0 Å². The molecule has 0 radical (unpaired) electrons. The van der Waals surface area contributed by atoms with Crippen molar-refractivity contribution in [2.75, 3.05) is 6.61 Å². The first-order chi connectivity index (χ1) is 6.40. The van der Waals surface area contributed by atoms with Crippen LogP contribution >= 0.6 is 0 Å². The van der Waals surface area contributed by atoms with Crippen LogP contribution in [0.2, 0.25) is 0 Å². The number of nitrogens with two attached hydrogens (primary N) is 1. The first-order valence-corrected chi connectivity index (χ1v) is 4.80. The van der Waals surface area contributed by atoms with Crippen molar-refractivity contribution >= 4 is 0 Å². The zero-order valence-corrected chi connectivity index (χ0v) is 8.67. The zero-order valence-electron chi connectivity index (χ0n) is 8.67. The predicted octanol–water partition coefficient (Wildman–Crippen LogP) is -1.57. The first-order valence-electron chi connectivity index (χ1n) is 4.80. The van der Waals surface area contributed by atoms with Gasteiger partial charge in [0, 0.05) is 0 Å². The van der Waals surface area contributed by atoms with Gasteiger partial charge in [0.25, 0.3) is 0 Å². The normalized spacial score (nSPS) is 20.6. The predicted molar refractivity (Wildman–Crippen MR) is 52.5 cm³/mol. The molecule has 0 aliphatic carbocycles. The Labute approximate surface area is 84.2 Å². The summed E-state index contributed by atoms with van der Waals surface area (Å²) in [5.74, 6) is 0.220. The van der Waals surface area contributed by atoms with Crippen LogP contribution in [0.3, 0.4) is 0 Å². The molecule has 0 heterocycles. The molecule has 6 N–H and O–H groups in total. The van der Waals surface area contributed by atoms with Crippen LogP contribution < -0.4 is 5.73 Å². The fourth-order valence-corrected chi connectivity index (χ4v) is 1.21. The summed E-state index contributed by atoms with van der Waals surface area (Å²) >= 11 is 0. The van der Waals surface area contributed by atoms with Gasteiger partial charge in [-0.2, -0.15) is 0 Å². The van der Waals surface area contributed by atoms with E-state index < -0.39 is 31.0 Å². The molecule has 0 spiro atoms. The molecule has 0 aliphatic heterocycles.